The van der Waals surface area contributed by atoms with Gasteiger partial charge in [-0.3, -0.25) is 9.69 Å². The van der Waals surface area contributed by atoms with Gasteiger partial charge in [0.1, 0.15) is 5.82 Å². The molecule has 6 heteroatoms. The van der Waals surface area contributed by atoms with Gasteiger partial charge in [0, 0.05) is 25.6 Å². The average molecular weight is 291 g/mol. The number of piperidine rings is 1. The van der Waals surface area contributed by atoms with Crippen molar-refractivity contribution in [3.8, 4) is 0 Å². The molecular weight excluding hydrogens is 266 g/mol. The molecule has 21 heavy (non-hydrogen) atoms. The SMILES string of the molecule is CC(C)C(=O)N1CCCC[C@@H]1c1nnc2n1CCN(C)C2. The Morgan fingerprint density at radius 1 is 1.19 bits per heavy atom. The zero-order valence-corrected chi connectivity index (χ0v) is 13.2. The van der Waals surface area contributed by atoms with Gasteiger partial charge in [-0.1, -0.05) is 13.8 Å². The zero-order valence-electron chi connectivity index (χ0n) is 13.2. The fraction of sp³-hybridized carbons (Fsp3) is 0.800. The van der Waals surface area contributed by atoms with Crippen LogP contribution in [0.25, 0.3) is 0 Å². The van der Waals surface area contributed by atoms with Crippen LogP contribution < -0.4 is 0 Å². The molecule has 0 aliphatic carbocycles. The molecule has 1 atom stereocenters. The van der Waals surface area contributed by atoms with E-state index < -0.39 is 0 Å². The molecule has 0 radical (unpaired) electrons. The van der Waals surface area contributed by atoms with E-state index in [1.165, 1.54) is 0 Å². The quantitative estimate of drug-likeness (QED) is 0.827. The minimum absolute atomic E-state index is 0.0421. The number of fused-ring (bicyclic) bond motifs is 1. The molecular formula is C15H25N5O. The molecule has 1 amide bonds. The topological polar surface area (TPSA) is 54.3 Å². The Labute approximate surface area is 126 Å². The van der Waals surface area contributed by atoms with Gasteiger partial charge >= 0.3 is 0 Å². The minimum Gasteiger partial charge on any atom is -0.332 e. The molecule has 0 aromatic carbocycles. The Hall–Kier alpha value is -1.43. The van der Waals surface area contributed by atoms with Crippen molar-refractivity contribution >= 4 is 5.91 Å². The van der Waals surface area contributed by atoms with Crippen molar-refractivity contribution in [1.29, 1.82) is 0 Å². The highest BCUT2D eigenvalue weighted by Gasteiger charge is 2.34. The molecule has 116 valence electrons. The molecule has 0 spiro atoms. The molecule has 1 aromatic rings. The largest absolute Gasteiger partial charge is 0.332 e. The number of amides is 1. The summed E-state index contributed by atoms with van der Waals surface area (Å²) in [4.78, 5) is 16.8. The minimum atomic E-state index is 0.0421. The van der Waals surface area contributed by atoms with Gasteiger partial charge in [-0.05, 0) is 26.3 Å². The van der Waals surface area contributed by atoms with E-state index >= 15 is 0 Å². The molecule has 2 aliphatic heterocycles. The summed E-state index contributed by atoms with van der Waals surface area (Å²) in [5.74, 6) is 2.30. The molecule has 1 aromatic heterocycles. The van der Waals surface area contributed by atoms with Crippen LogP contribution in [0.2, 0.25) is 0 Å². The van der Waals surface area contributed by atoms with Crippen LogP contribution in [0.3, 0.4) is 0 Å². The highest BCUT2D eigenvalue weighted by atomic mass is 16.2. The van der Waals surface area contributed by atoms with Gasteiger partial charge in [-0.2, -0.15) is 0 Å². The van der Waals surface area contributed by atoms with Crippen LogP contribution in [-0.2, 0) is 17.9 Å². The molecule has 3 heterocycles. The van der Waals surface area contributed by atoms with E-state index in [0.29, 0.717) is 0 Å². The average Bonchev–Trinajstić information content (AvgIpc) is 2.89. The number of hydrogen-bond acceptors (Lipinski definition) is 4. The molecule has 1 fully saturated rings. The second kappa shape index (κ2) is 5.75. The van der Waals surface area contributed by atoms with Crippen molar-refractivity contribution < 1.29 is 4.79 Å². The number of carbonyl (C=O) groups excluding carboxylic acids is 1. The lowest BCUT2D eigenvalue weighted by atomic mass is 9.99. The van der Waals surface area contributed by atoms with Crippen molar-refractivity contribution in [2.75, 3.05) is 20.1 Å². The van der Waals surface area contributed by atoms with Gasteiger partial charge in [-0.15, -0.1) is 10.2 Å². The maximum absolute atomic E-state index is 12.5. The second-order valence-electron chi connectivity index (χ2n) is 6.56. The first-order chi connectivity index (χ1) is 10.1. The Bertz CT molecular complexity index is 524. The van der Waals surface area contributed by atoms with Crippen molar-refractivity contribution in [1.82, 2.24) is 24.6 Å². The van der Waals surface area contributed by atoms with Gasteiger partial charge in [0.2, 0.25) is 5.91 Å². The molecule has 0 unspecified atom stereocenters. The molecule has 6 nitrogen and oxygen atoms in total. The highest BCUT2D eigenvalue weighted by Crippen LogP contribution is 2.32. The molecule has 0 N–H and O–H groups in total. The monoisotopic (exact) mass is 291 g/mol. The van der Waals surface area contributed by atoms with Crippen molar-refractivity contribution in [2.45, 2.75) is 52.2 Å². The summed E-state index contributed by atoms with van der Waals surface area (Å²) < 4.78 is 2.23. The normalized spacial score (nSPS) is 23.4. The fourth-order valence-electron chi connectivity index (χ4n) is 3.34. The first kappa shape index (κ1) is 14.5. The van der Waals surface area contributed by atoms with E-state index in [2.05, 4.69) is 26.7 Å². The van der Waals surface area contributed by atoms with Crippen LogP contribution in [0.15, 0.2) is 0 Å². The van der Waals surface area contributed by atoms with E-state index in [-0.39, 0.29) is 17.9 Å². The molecule has 2 aliphatic rings. The third-order valence-corrected chi connectivity index (χ3v) is 4.55. The predicted molar refractivity (Wildman–Crippen MR) is 79.5 cm³/mol. The smallest absolute Gasteiger partial charge is 0.225 e. The standard InChI is InChI=1S/C15H25N5O/c1-11(2)15(21)19-7-5-4-6-12(19)14-17-16-13-10-18(3)8-9-20(13)14/h11-12H,4-10H2,1-3H3/t12-/m1/s1. The Balaban J connectivity index is 1.89. The maximum Gasteiger partial charge on any atom is 0.225 e. The Morgan fingerprint density at radius 2 is 2.00 bits per heavy atom. The highest BCUT2D eigenvalue weighted by molar-refractivity contribution is 5.78. The van der Waals surface area contributed by atoms with Crippen LogP contribution in [0, 0.1) is 5.92 Å². The van der Waals surface area contributed by atoms with Gasteiger partial charge in [0.15, 0.2) is 5.82 Å². The molecule has 3 rings (SSSR count). The van der Waals surface area contributed by atoms with E-state index in [0.717, 1.165) is 57.1 Å². The number of likely N-dealkylation sites (tertiary alicyclic amines) is 1. The van der Waals surface area contributed by atoms with E-state index in [9.17, 15) is 4.79 Å². The van der Waals surface area contributed by atoms with Crippen molar-refractivity contribution in [3.05, 3.63) is 11.6 Å². The van der Waals surface area contributed by atoms with Crippen LogP contribution in [0.5, 0.6) is 0 Å². The van der Waals surface area contributed by atoms with Gasteiger partial charge < -0.3 is 9.47 Å². The van der Waals surface area contributed by atoms with E-state index in [4.69, 9.17) is 0 Å². The fourth-order valence-corrected chi connectivity index (χ4v) is 3.34. The lowest BCUT2D eigenvalue weighted by Gasteiger charge is -2.37. The van der Waals surface area contributed by atoms with Gasteiger partial charge in [-0.25, -0.2) is 0 Å². The lowest BCUT2D eigenvalue weighted by molar-refractivity contribution is -0.138. The predicted octanol–water partition coefficient (Wildman–Crippen LogP) is 1.43. The number of aromatic nitrogens is 3. The van der Waals surface area contributed by atoms with E-state index in [1.54, 1.807) is 0 Å². The van der Waals surface area contributed by atoms with Crippen LogP contribution in [0.1, 0.15) is 50.8 Å². The summed E-state index contributed by atoms with van der Waals surface area (Å²) in [5.41, 5.74) is 0. The second-order valence-corrected chi connectivity index (χ2v) is 6.56. The summed E-state index contributed by atoms with van der Waals surface area (Å²) in [6, 6.07) is 0.110. The Morgan fingerprint density at radius 3 is 2.76 bits per heavy atom. The van der Waals surface area contributed by atoms with Crippen LogP contribution >= 0.6 is 0 Å². The summed E-state index contributed by atoms with van der Waals surface area (Å²) in [6.45, 7) is 7.59. The first-order valence-electron chi connectivity index (χ1n) is 7.99. The number of nitrogens with zero attached hydrogens (tertiary/aromatic N) is 5. The number of likely N-dealkylation sites (N-methyl/N-ethyl adjacent to an activating group) is 1. The molecule has 0 saturated carbocycles. The molecule has 0 bridgehead atoms. The van der Waals surface area contributed by atoms with Crippen LogP contribution in [-0.4, -0.2) is 50.6 Å². The summed E-state index contributed by atoms with van der Waals surface area (Å²) in [5, 5.41) is 8.79. The summed E-state index contributed by atoms with van der Waals surface area (Å²) >= 11 is 0. The Kier molecular flexibility index (Phi) is 3.97. The third kappa shape index (κ3) is 2.69. The molecule has 1 saturated heterocycles. The third-order valence-electron chi connectivity index (χ3n) is 4.55. The number of rotatable bonds is 2. The maximum atomic E-state index is 12.5. The number of hydrogen-bond donors (Lipinski definition) is 0. The van der Waals surface area contributed by atoms with Crippen molar-refractivity contribution in [2.24, 2.45) is 5.92 Å². The van der Waals surface area contributed by atoms with E-state index in [1.807, 2.05) is 18.7 Å². The first-order valence-corrected chi connectivity index (χ1v) is 7.99. The zero-order chi connectivity index (χ0) is 15.0. The van der Waals surface area contributed by atoms with Gasteiger partial charge in [0.25, 0.3) is 0 Å². The van der Waals surface area contributed by atoms with Crippen LogP contribution in [0.4, 0.5) is 0 Å². The summed E-state index contributed by atoms with van der Waals surface area (Å²) in [7, 11) is 2.10. The number of carbonyl (C=O) groups is 1. The summed E-state index contributed by atoms with van der Waals surface area (Å²) in [6.07, 6.45) is 3.26. The lowest BCUT2D eigenvalue weighted by Crippen LogP contribution is -2.42. The van der Waals surface area contributed by atoms with Gasteiger partial charge in [0.05, 0.1) is 12.6 Å². The van der Waals surface area contributed by atoms with Crippen molar-refractivity contribution in [3.63, 3.8) is 0 Å².